The molecule has 0 saturated carbocycles. The molecule has 72 valence electrons. The molecule has 0 heterocycles. The highest BCUT2D eigenvalue weighted by Gasteiger charge is 2.27. The Morgan fingerprint density at radius 3 is 2.58 bits per heavy atom. The highest BCUT2D eigenvalue weighted by atomic mass is 32.2. The summed E-state index contributed by atoms with van der Waals surface area (Å²) in [4.78, 5) is 11.0. The number of rotatable bonds is 6. The third kappa shape index (κ3) is 3.45. The van der Waals surface area contributed by atoms with Crippen molar-refractivity contribution in [2.45, 2.75) is 25.3 Å². The van der Waals surface area contributed by atoms with Crippen LogP contribution in [0.5, 0.6) is 0 Å². The molecule has 3 nitrogen and oxygen atoms in total. The Balaban J connectivity index is 3.88. The van der Waals surface area contributed by atoms with Gasteiger partial charge >= 0.3 is 0 Å². The fourth-order valence-corrected chi connectivity index (χ4v) is 1.37. The average molecular weight is 190 g/mol. The molecule has 12 heavy (non-hydrogen) atoms. The van der Waals surface area contributed by atoms with Crippen LogP contribution in [0.3, 0.4) is 0 Å². The maximum absolute atomic E-state index is 11.0. The highest BCUT2D eigenvalue weighted by molar-refractivity contribution is 7.98. The molecule has 1 atom stereocenters. The van der Waals surface area contributed by atoms with Crippen molar-refractivity contribution in [3.8, 4) is 0 Å². The van der Waals surface area contributed by atoms with E-state index < -0.39 is 5.54 Å². The second-order valence-electron chi connectivity index (χ2n) is 3.04. The first kappa shape index (κ1) is 11.8. The van der Waals surface area contributed by atoms with Crippen molar-refractivity contribution in [2.24, 2.45) is 5.73 Å². The van der Waals surface area contributed by atoms with Gasteiger partial charge in [0.25, 0.3) is 0 Å². The molecule has 0 radical (unpaired) electrons. The van der Waals surface area contributed by atoms with Gasteiger partial charge < -0.3 is 11.1 Å². The van der Waals surface area contributed by atoms with Gasteiger partial charge in [0.15, 0.2) is 0 Å². The molecule has 4 heteroatoms. The summed E-state index contributed by atoms with van der Waals surface area (Å²) < 4.78 is 0. The second-order valence-corrected chi connectivity index (χ2v) is 4.03. The molecule has 0 aromatic rings. The van der Waals surface area contributed by atoms with Gasteiger partial charge in [-0.25, -0.2) is 0 Å². The van der Waals surface area contributed by atoms with Crippen molar-refractivity contribution >= 4 is 17.7 Å². The number of nitrogens with one attached hydrogen (secondary N) is 1. The van der Waals surface area contributed by atoms with E-state index in [9.17, 15) is 4.79 Å². The number of thioether (sulfide) groups is 1. The van der Waals surface area contributed by atoms with E-state index in [1.165, 1.54) is 0 Å². The lowest BCUT2D eigenvalue weighted by atomic mass is 9.96. The molecule has 1 amide bonds. The van der Waals surface area contributed by atoms with Gasteiger partial charge in [-0.05, 0) is 38.8 Å². The van der Waals surface area contributed by atoms with Gasteiger partial charge in [-0.1, -0.05) is 0 Å². The molecule has 0 fully saturated rings. The zero-order valence-corrected chi connectivity index (χ0v) is 8.83. The molecular formula is C8H18N2OS. The zero-order valence-electron chi connectivity index (χ0n) is 8.02. The van der Waals surface area contributed by atoms with Gasteiger partial charge in [0, 0.05) is 0 Å². The van der Waals surface area contributed by atoms with Crippen molar-refractivity contribution in [2.75, 3.05) is 19.1 Å². The van der Waals surface area contributed by atoms with E-state index in [1.807, 2.05) is 6.92 Å². The predicted molar refractivity (Wildman–Crippen MR) is 54.3 cm³/mol. The maximum atomic E-state index is 11.0. The molecule has 0 aliphatic rings. The summed E-state index contributed by atoms with van der Waals surface area (Å²) in [6.07, 6.45) is 3.88. The summed E-state index contributed by atoms with van der Waals surface area (Å²) in [5, 5.41) is 2.95. The van der Waals surface area contributed by atoms with Crippen molar-refractivity contribution in [1.29, 1.82) is 0 Å². The van der Waals surface area contributed by atoms with Crippen LogP contribution in [0.4, 0.5) is 0 Å². The van der Waals surface area contributed by atoms with Crippen molar-refractivity contribution < 1.29 is 4.79 Å². The Hall–Kier alpha value is -0.220. The molecule has 0 aromatic heterocycles. The van der Waals surface area contributed by atoms with Gasteiger partial charge in [-0.15, -0.1) is 0 Å². The van der Waals surface area contributed by atoms with Crippen LogP contribution in [0.15, 0.2) is 0 Å². The van der Waals surface area contributed by atoms with E-state index in [2.05, 4.69) is 11.6 Å². The van der Waals surface area contributed by atoms with Crippen LogP contribution in [-0.2, 0) is 4.79 Å². The monoisotopic (exact) mass is 190 g/mol. The highest BCUT2D eigenvalue weighted by Crippen LogP contribution is 2.12. The van der Waals surface area contributed by atoms with E-state index in [1.54, 1.807) is 18.8 Å². The molecule has 0 spiro atoms. The van der Waals surface area contributed by atoms with E-state index in [0.717, 1.165) is 18.6 Å². The number of likely N-dealkylation sites (N-methyl/N-ethyl adjacent to an activating group) is 1. The first-order valence-corrected chi connectivity index (χ1v) is 5.44. The molecule has 1 unspecified atom stereocenters. The molecule has 0 aliphatic heterocycles. The maximum Gasteiger partial charge on any atom is 0.237 e. The predicted octanol–water partition coefficient (Wildman–Crippen LogP) is 0.593. The van der Waals surface area contributed by atoms with E-state index in [4.69, 9.17) is 5.73 Å². The fourth-order valence-electron chi connectivity index (χ4n) is 0.941. The molecule has 3 N–H and O–H groups in total. The summed E-state index contributed by atoms with van der Waals surface area (Å²) in [5.41, 5.74) is 4.72. The quantitative estimate of drug-likeness (QED) is 0.603. The number of primary amides is 1. The molecule has 0 bridgehead atoms. The summed E-state index contributed by atoms with van der Waals surface area (Å²) in [7, 11) is 1.77. The van der Waals surface area contributed by atoms with Crippen LogP contribution in [0.1, 0.15) is 19.8 Å². The van der Waals surface area contributed by atoms with Gasteiger partial charge in [0.2, 0.25) is 5.91 Å². The largest absolute Gasteiger partial charge is 0.368 e. The zero-order chi connectivity index (χ0) is 9.61. The lowest BCUT2D eigenvalue weighted by Gasteiger charge is -2.24. The topological polar surface area (TPSA) is 55.1 Å². The number of hydrogen-bond acceptors (Lipinski definition) is 3. The SMILES string of the molecule is CNC(C)(CCCSC)C(N)=O. The fraction of sp³-hybridized carbons (Fsp3) is 0.875. The van der Waals surface area contributed by atoms with Gasteiger partial charge in [-0.3, -0.25) is 4.79 Å². The van der Waals surface area contributed by atoms with Crippen LogP contribution in [0.2, 0.25) is 0 Å². The number of carbonyl (C=O) groups excluding carboxylic acids is 1. The lowest BCUT2D eigenvalue weighted by Crippen LogP contribution is -2.51. The number of nitrogens with two attached hydrogens (primary N) is 1. The molecule has 0 aromatic carbocycles. The van der Waals surface area contributed by atoms with Gasteiger partial charge in [0.1, 0.15) is 0 Å². The number of amides is 1. The first-order valence-electron chi connectivity index (χ1n) is 4.04. The van der Waals surface area contributed by atoms with Crippen molar-refractivity contribution in [3.63, 3.8) is 0 Å². The summed E-state index contributed by atoms with van der Waals surface area (Å²) in [6, 6.07) is 0. The third-order valence-electron chi connectivity index (χ3n) is 2.12. The standard InChI is InChI=1S/C8H18N2OS/c1-8(10-2,7(9)11)5-4-6-12-3/h10H,4-6H2,1-3H3,(H2,9,11). The van der Waals surface area contributed by atoms with Crippen molar-refractivity contribution in [3.05, 3.63) is 0 Å². The van der Waals surface area contributed by atoms with Gasteiger partial charge in [-0.2, -0.15) is 11.8 Å². The Morgan fingerprint density at radius 2 is 2.25 bits per heavy atom. The number of hydrogen-bond donors (Lipinski definition) is 2. The molecule has 0 saturated heterocycles. The van der Waals surface area contributed by atoms with Crippen LogP contribution in [0.25, 0.3) is 0 Å². The van der Waals surface area contributed by atoms with Crippen molar-refractivity contribution in [1.82, 2.24) is 5.32 Å². The Kier molecular flexibility index (Phi) is 5.33. The van der Waals surface area contributed by atoms with E-state index in [-0.39, 0.29) is 5.91 Å². The number of carbonyl (C=O) groups is 1. The average Bonchev–Trinajstić information content (AvgIpc) is 2.04. The van der Waals surface area contributed by atoms with Crippen LogP contribution in [-0.4, -0.2) is 30.5 Å². The Morgan fingerprint density at radius 1 is 1.67 bits per heavy atom. The van der Waals surface area contributed by atoms with E-state index >= 15 is 0 Å². The van der Waals surface area contributed by atoms with Gasteiger partial charge in [0.05, 0.1) is 5.54 Å². The normalized spacial score (nSPS) is 15.6. The second kappa shape index (κ2) is 5.43. The molecule has 0 aliphatic carbocycles. The smallest absolute Gasteiger partial charge is 0.237 e. The van der Waals surface area contributed by atoms with Crippen LogP contribution in [0, 0.1) is 0 Å². The Labute approximate surface area is 78.5 Å². The summed E-state index contributed by atoms with van der Waals surface area (Å²) >= 11 is 1.78. The minimum absolute atomic E-state index is 0.272. The van der Waals surface area contributed by atoms with Crippen LogP contribution >= 0.6 is 11.8 Å². The lowest BCUT2D eigenvalue weighted by molar-refractivity contribution is -0.123. The summed E-state index contributed by atoms with van der Waals surface area (Å²) in [5.74, 6) is 0.802. The minimum atomic E-state index is -0.532. The van der Waals surface area contributed by atoms with E-state index in [0.29, 0.717) is 0 Å². The minimum Gasteiger partial charge on any atom is -0.368 e. The Bertz CT molecular complexity index is 152. The first-order chi connectivity index (χ1) is 5.56. The third-order valence-corrected chi connectivity index (χ3v) is 2.82. The summed E-state index contributed by atoms with van der Waals surface area (Å²) in [6.45, 7) is 1.84. The van der Waals surface area contributed by atoms with Crippen LogP contribution < -0.4 is 11.1 Å². The molecule has 0 rings (SSSR count). The molecular weight excluding hydrogens is 172 g/mol.